The molecule has 1 fully saturated rings. The Morgan fingerprint density at radius 3 is 2.75 bits per heavy atom. The van der Waals surface area contributed by atoms with E-state index in [4.69, 9.17) is 0 Å². The summed E-state index contributed by atoms with van der Waals surface area (Å²) in [6, 6.07) is 0. The zero-order valence-corrected chi connectivity index (χ0v) is 4.46. The summed E-state index contributed by atoms with van der Waals surface area (Å²) in [5.74, 6) is 0.758. The van der Waals surface area contributed by atoms with Crippen molar-refractivity contribution in [2.75, 3.05) is 0 Å². The van der Waals surface area contributed by atoms with Gasteiger partial charge in [0.15, 0.2) is 0 Å². The summed E-state index contributed by atoms with van der Waals surface area (Å²) in [4.78, 5) is 0. The first-order valence-electron chi connectivity index (χ1n) is 2.87. The molecule has 0 bridgehead atoms. The van der Waals surface area contributed by atoms with Crippen molar-refractivity contribution < 1.29 is 0 Å². The Bertz CT molecular complexity index is 117. The van der Waals surface area contributed by atoms with Gasteiger partial charge in [-0.2, -0.15) is 5.43 Å². The van der Waals surface area contributed by atoms with Crippen LogP contribution >= 0.6 is 0 Å². The van der Waals surface area contributed by atoms with E-state index in [1.165, 1.54) is 12.8 Å². The summed E-state index contributed by atoms with van der Waals surface area (Å²) in [6.45, 7) is 0. The van der Waals surface area contributed by atoms with Crippen molar-refractivity contribution in [1.29, 1.82) is 0 Å². The lowest BCUT2D eigenvalue weighted by Crippen LogP contribution is -2.31. The number of nitrogens with zero attached hydrogens (tertiary/aromatic N) is 2. The Balaban J connectivity index is 1.95. The second-order valence-corrected chi connectivity index (χ2v) is 2.25. The molecular weight excluding hydrogens is 104 g/mol. The molecule has 0 saturated heterocycles. The number of rotatable bonds is 1. The maximum Gasteiger partial charge on any atom is 0.143 e. The molecule has 8 heavy (non-hydrogen) atoms. The maximum absolute atomic E-state index is 3.90. The van der Waals surface area contributed by atoms with Gasteiger partial charge in [-0.05, 0) is 18.8 Å². The summed E-state index contributed by atoms with van der Waals surface area (Å²) in [5, 5.41) is 7.49. The SMILES string of the molecule is C1CC1C1N=NNN1. The summed E-state index contributed by atoms with van der Waals surface area (Å²) in [7, 11) is 0. The summed E-state index contributed by atoms with van der Waals surface area (Å²) >= 11 is 0. The highest BCUT2D eigenvalue weighted by Crippen LogP contribution is 2.33. The molecule has 4 nitrogen and oxygen atoms in total. The van der Waals surface area contributed by atoms with Crippen LogP contribution in [-0.4, -0.2) is 6.17 Å². The van der Waals surface area contributed by atoms with E-state index < -0.39 is 0 Å². The summed E-state index contributed by atoms with van der Waals surface area (Å²) in [5.41, 5.74) is 5.54. The van der Waals surface area contributed by atoms with E-state index in [2.05, 4.69) is 21.3 Å². The standard InChI is InChI=1S/C4H8N4/c1-2-3(1)4-5-7-8-6-4/h3-4H,1-2H2,(H,5,8)(H,6,7). The molecule has 1 unspecified atom stereocenters. The lowest BCUT2D eigenvalue weighted by atomic mass is 10.3. The van der Waals surface area contributed by atoms with Crippen LogP contribution in [0.4, 0.5) is 0 Å². The second kappa shape index (κ2) is 1.42. The molecule has 1 atom stereocenters. The number of hydrogen-bond acceptors (Lipinski definition) is 4. The second-order valence-electron chi connectivity index (χ2n) is 2.25. The molecule has 44 valence electrons. The van der Waals surface area contributed by atoms with Crippen LogP contribution in [0.15, 0.2) is 10.3 Å². The Kier molecular flexibility index (Phi) is 0.754. The molecular formula is C4H8N4. The molecule has 0 spiro atoms. The zero-order valence-electron chi connectivity index (χ0n) is 4.46. The average molecular weight is 112 g/mol. The minimum Gasteiger partial charge on any atom is -0.222 e. The number of nitrogens with one attached hydrogen (secondary N) is 2. The normalized spacial score (nSPS) is 35.2. The van der Waals surface area contributed by atoms with Crippen LogP contribution in [0.2, 0.25) is 0 Å². The molecule has 1 aliphatic heterocycles. The fraction of sp³-hybridized carbons (Fsp3) is 1.00. The van der Waals surface area contributed by atoms with Gasteiger partial charge in [-0.25, -0.2) is 5.53 Å². The van der Waals surface area contributed by atoms with Gasteiger partial charge in [0.25, 0.3) is 0 Å². The van der Waals surface area contributed by atoms with E-state index in [0.717, 1.165) is 5.92 Å². The van der Waals surface area contributed by atoms with Gasteiger partial charge in [-0.1, -0.05) is 5.22 Å². The zero-order chi connectivity index (χ0) is 5.40. The van der Waals surface area contributed by atoms with Crippen molar-refractivity contribution in [3.8, 4) is 0 Å². The third kappa shape index (κ3) is 0.571. The van der Waals surface area contributed by atoms with E-state index >= 15 is 0 Å². The predicted octanol–water partition coefficient (Wildman–Crippen LogP) is 0.198. The highest BCUT2D eigenvalue weighted by atomic mass is 15.7. The van der Waals surface area contributed by atoms with Crippen LogP contribution in [0.3, 0.4) is 0 Å². The summed E-state index contributed by atoms with van der Waals surface area (Å²) in [6.07, 6.45) is 2.88. The minimum atomic E-state index is 0.273. The molecule has 2 rings (SSSR count). The van der Waals surface area contributed by atoms with Gasteiger partial charge in [0.05, 0.1) is 0 Å². The molecule has 2 N–H and O–H groups in total. The first kappa shape index (κ1) is 4.26. The quantitative estimate of drug-likeness (QED) is 0.509. The van der Waals surface area contributed by atoms with Crippen molar-refractivity contribution in [3.05, 3.63) is 0 Å². The van der Waals surface area contributed by atoms with Gasteiger partial charge in [0.1, 0.15) is 6.17 Å². The van der Waals surface area contributed by atoms with Crippen LogP contribution < -0.4 is 11.0 Å². The molecule has 0 aromatic rings. The van der Waals surface area contributed by atoms with Crippen molar-refractivity contribution in [1.82, 2.24) is 11.0 Å². The Hall–Kier alpha value is -0.640. The van der Waals surface area contributed by atoms with Gasteiger partial charge < -0.3 is 0 Å². The molecule has 0 aromatic carbocycles. The topological polar surface area (TPSA) is 48.8 Å². The van der Waals surface area contributed by atoms with E-state index in [-0.39, 0.29) is 6.17 Å². The lowest BCUT2D eigenvalue weighted by molar-refractivity contribution is 0.486. The summed E-state index contributed by atoms with van der Waals surface area (Å²) < 4.78 is 0. The molecule has 1 heterocycles. The van der Waals surface area contributed by atoms with Gasteiger partial charge in [-0.15, -0.1) is 5.11 Å². The van der Waals surface area contributed by atoms with E-state index in [0.29, 0.717) is 0 Å². The smallest absolute Gasteiger partial charge is 0.143 e. The van der Waals surface area contributed by atoms with Gasteiger partial charge >= 0.3 is 0 Å². The first-order valence-corrected chi connectivity index (χ1v) is 2.87. The number of hydrogen-bond donors (Lipinski definition) is 2. The third-order valence-corrected chi connectivity index (χ3v) is 1.51. The van der Waals surface area contributed by atoms with Crippen LogP contribution in [0.1, 0.15) is 12.8 Å². The maximum atomic E-state index is 3.90. The fourth-order valence-corrected chi connectivity index (χ4v) is 0.839. The van der Waals surface area contributed by atoms with E-state index in [1.807, 2.05) is 0 Å². The molecule has 0 aromatic heterocycles. The molecule has 1 saturated carbocycles. The van der Waals surface area contributed by atoms with Gasteiger partial charge in [0.2, 0.25) is 0 Å². The average Bonchev–Trinajstić information content (AvgIpc) is 2.49. The van der Waals surface area contributed by atoms with E-state index in [9.17, 15) is 0 Å². The molecule has 0 amide bonds. The monoisotopic (exact) mass is 112 g/mol. The van der Waals surface area contributed by atoms with Crippen molar-refractivity contribution in [2.45, 2.75) is 19.0 Å². The Morgan fingerprint density at radius 1 is 1.38 bits per heavy atom. The molecule has 0 radical (unpaired) electrons. The van der Waals surface area contributed by atoms with Crippen LogP contribution in [0, 0.1) is 5.92 Å². The predicted molar refractivity (Wildman–Crippen MR) is 27.6 cm³/mol. The largest absolute Gasteiger partial charge is 0.222 e. The lowest BCUT2D eigenvalue weighted by Gasteiger charge is -1.99. The molecule has 2 aliphatic rings. The van der Waals surface area contributed by atoms with Crippen LogP contribution in [0.5, 0.6) is 0 Å². The van der Waals surface area contributed by atoms with E-state index in [1.54, 1.807) is 0 Å². The Labute approximate surface area is 47.3 Å². The first-order chi connectivity index (χ1) is 3.97. The fourth-order valence-electron chi connectivity index (χ4n) is 0.839. The third-order valence-electron chi connectivity index (χ3n) is 1.51. The highest BCUT2D eigenvalue weighted by Gasteiger charge is 2.32. The Morgan fingerprint density at radius 2 is 2.25 bits per heavy atom. The van der Waals surface area contributed by atoms with Gasteiger partial charge in [-0.3, -0.25) is 0 Å². The van der Waals surface area contributed by atoms with Crippen LogP contribution in [-0.2, 0) is 0 Å². The highest BCUT2D eigenvalue weighted by molar-refractivity contribution is 4.83. The van der Waals surface area contributed by atoms with Gasteiger partial charge in [0, 0.05) is 0 Å². The number of hydrazine groups is 1. The van der Waals surface area contributed by atoms with Crippen molar-refractivity contribution >= 4 is 0 Å². The molecule has 4 heteroatoms. The molecule has 1 aliphatic carbocycles. The van der Waals surface area contributed by atoms with Crippen molar-refractivity contribution in [2.24, 2.45) is 16.3 Å². The minimum absolute atomic E-state index is 0.273. The van der Waals surface area contributed by atoms with Crippen LogP contribution in [0.25, 0.3) is 0 Å². The van der Waals surface area contributed by atoms with Crippen molar-refractivity contribution in [3.63, 3.8) is 0 Å².